The fraction of sp³-hybridized carbons (Fsp3) is 0.900. The van der Waals surface area contributed by atoms with Gasteiger partial charge in [-0.05, 0) is 43.1 Å². The van der Waals surface area contributed by atoms with E-state index in [0.717, 1.165) is 37.4 Å². The van der Waals surface area contributed by atoms with E-state index in [0.29, 0.717) is 5.41 Å². The van der Waals surface area contributed by atoms with E-state index in [2.05, 4.69) is 49.4 Å². The molecular formula is C20H33IO2. The molecule has 0 bridgehead atoms. The van der Waals surface area contributed by atoms with Gasteiger partial charge in [0.15, 0.2) is 5.79 Å². The van der Waals surface area contributed by atoms with Crippen LogP contribution in [0.5, 0.6) is 0 Å². The highest BCUT2D eigenvalue weighted by atomic mass is 127. The normalized spacial score (nSPS) is 34.0. The highest BCUT2D eigenvalue weighted by Gasteiger charge is 2.53. The van der Waals surface area contributed by atoms with E-state index in [9.17, 15) is 0 Å². The standard InChI is InChI=1S/C20H33IO2/c1-15(2)5-4-6-16(3)18-8-7-17-13-20(22-11-12-23-20)10-9-19(17,18)14-21/h13,15-16,18H,4-12,14H2,1-3H3/t16-,18-,19-/m0/s1. The van der Waals surface area contributed by atoms with E-state index in [4.69, 9.17) is 9.47 Å². The molecule has 3 aliphatic rings. The molecular weight excluding hydrogens is 399 g/mol. The number of halogens is 1. The first-order valence-electron chi connectivity index (χ1n) is 9.57. The Balaban J connectivity index is 1.72. The molecule has 2 nitrogen and oxygen atoms in total. The maximum Gasteiger partial charge on any atom is 0.188 e. The summed E-state index contributed by atoms with van der Waals surface area (Å²) in [7, 11) is 0. The topological polar surface area (TPSA) is 18.5 Å². The van der Waals surface area contributed by atoms with Gasteiger partial charge in [0.05, 0.1) is 13.2 Å². The number of hydrogen-bond donors (Lipinski definition) is 0. The van der Waals surface area contributed by atoms with Crippen LogP contribution in [-0.2, 0) is 9.47 Å². The molecule has 0 radical (unpaired) electrons. The first-order valence-corrected chi connectivity index (χ1v) is 11.1. The van der Waals surface area contributed by atoms with Gasteiger partial charge in [0.1, 0.15) is 0 Å². The largest absolute Gasteiger partial charge is 0.344 e. The molecule has 2 fully saturated rings. The number of ether oxygens (including phenoxy) is 2. The summed E-state index contributed by atoms with van der Waals surface area (Å²) in [6.07, 6.45) is 11.5. The Morgan fingerprint density at radius 3 is 2.57 bits per heavy atom. The van der Waals surface area contributed by atoms with Crippen LogP contribution in [0.25, 0.3) is 0 Å². The molecule has 0 N–H and O–H groups in total. The van der Waals surface area contributed by atoms with Gasteiger partial charge in [-0.25, -0.2) is 0 Å². The molecule has 1 saturated carbocycles. The lowest BCUT2D eigenvalue weighted by Crippen LogP contribution is -2.42. The van der Waals surface area contributed by atoms with Crippen LogP contribution in [0.2, 0.25) is 0 Å². The molecule has 1 heterocycles. The summed E-state index contributed by atoms with van der Waals surface area (Å²) in [5, 5.41) is 0. The van der Waals surface area contributed by atoms with Crippen molar-refractivity contribution < 1.29 is 9.47 Å². The molecule has 1 saturated heterocycles. The zero-order valence-electron chi connectivity index (χ0n) is 15.1. The van der Waals surface area contributed by atoms with Crippen LogP contribution in [0.1, 0.15) is 65.7 Å². The minimum Gasteiger partial charge on any atom is -0.344 e. The summed E-state index contributed by atoms with van der Waals surface area (Å²) in [6, 6.07) is 0. The van der Waals surface area contributed by atoms with Crippen LogP contribution in [0, 0.1) is 23.2 Å². The smallest absolute Gasteiger partial charge is 0.188 e. The molecule has 0 aromatic carbocycles. The summed E-state index contributed by atoms with van der Waals surface area (Å²) in [6.45, 7) is 8.71. The molecule has 3 heteroatoms. The van der Waals surface area contributed by atoms with Crippen LogP contribution in [-0.4, -0.2) is 23.4 Å². The van der Waals surface area contributed by atoms with E-state index >= 15 is 0 Å². The van der Waals surface area contributed by atoms with Crippen molar-refractivity contribution in [3.05, 3.63) is 11.6 Å². The quantitative estimate of drug-likeness (QED) is 0.303. The Morgan fingerprint density at radius 2 is 1.91 bits per heavy atom. The van der Waals surface area contributed by atoms with Crippen molar-refractivity contribution in [2.24, 2.45) is 23.2 Å². The average Bonchev–Trinajstić information content (AvgIpc) is 3.12. The number of allylic oxidation sites excluding steroid dienone is 1. The van der Waals surface area contributed by atoms with Crippen LogP contribution in [0.3, 0.4) is 0 Å². The van der Waals surface area contributed by atoms with Gasteiger partial charge in [0.2, 0.25) is 0 Å². The van der Waals surface area contributed by atoms with Crippen LogP contribution in [0.4, 0.5) is 0 Å². The Morgan fingerprint density at radius 1 is 1.17 bits per heavy atom. The van der Waals surface area contributed by atoms with E-state index in [1.807, 2.05) is 0 Å². The Hall–Kier alpha value is 0.390. The summed E-state index contributed by atoms with van der Waals surface area (Å²) < 4.78 is 13.2. The number of alkyl halides is 1. The average molecular weight is 432 g/mol. The van der Waals surface area contributed by atoms with Crippen LogP contribution < -0.4 is 0 Å². The number of hydrogen-bond acceptors (Lipinski definition) is 2. The molecule has 0 aromatic heterocycles. The van der Waals surface area contributed by atoms with Crippen molar-refractivity contribution in [2.45, 2.75) is 71.5 Å². The van der Waals surface area contributed by atoms with E-state index in [1.165, 1.54) is 43.0 Å². The lowest BCUT2D eigenvalue weighted by atomic mass is 9.65. The molecule has 1 aliphatic heterocycles. The zero-order chi connectivity index (χ0) is 16.5. The Labute approximate surface area is 155 Å². The number of fused-ring (bicyclic) bond motifs is 1. The third kappa shape index (κ3) is 3.52. The molecule has 2 aliphatic carbocycles. The van der Waals surface area contributed by atoms with Gasteiger partial charge in [-0.2, -0.15) is 0 Å². The van der Waals surface area contributed by atoms with Gasteiger partial charge in [-0.15, -0.1) is 0 Å². The Bertz CT molecular complexity index is 439. The molecule has 0 unspecified atom stereocenters. The fourth-order valence-corrected chi connectivity index (χ4v) is 6.64. The highest BCUT2D eigenvalue weighted by Crippen LogP contribution is 2.59. The Kier molecular flexibility index (Phi) is 5.79. The van der Waals surface area contributed by atoms with Crippen molar-refractivity contribution in [3.8, 4) is 0 Å². The predicted molar refractivity (Wildman–Crippen MR) is 104 cm³/mol. The summed E-state index contributed by atoms with van der Waals surface area (Å²) >= 11 is 2.64. The number of rotatable bonds is 6. The SMILES string of the molecule is CC(C)CCC[C@H](C)[C@@H]1CCC2=CC3(CC[C@]21CI)OCCO3. The van der Waals surface area contributed by atoms with Gasteiger partial charge in [0.25, 0.3) is 0 Å². The zero-order valence-corrected chi connectivity index (χ0v) is 17.2. The molecule has 3 rings (SSSR count). The monoisotopic (exact) mass is 432 g/mol. The van der Waals surface area contributed by atoms with Crippen LogP contribution >= 0.6 is 22.6 Å². The van der Waals surface area contributed by atoms with Crippen molar-refractivity contribution in [1.82, 2.24) is 0 Å². The van der Waals surface area contributed by atoms with E-state index in [-0.39, 0.29) is 5.79 Å². The van der Waals surface area contributed by atoms with Gasteiger partial charge in [0, 0.05) is 16.3 Å². The molecule has 132 valence electrons. The second-order valence-electron chi connectivity index (χ2n) is 8.42. The molecule has 23 heavy (non-hydrogen) atoms. The highest BCUT2D eigenvalue weighted by molar-refractivity contribution is 14.1. The van der Waals surface area contributed by atoms with Crippen molar-refractivity contribution in [2.75, 3.05) is 17.6 Å². The maximum absolute atomic E-state index is 5.96. The summed E-state index contributed by atoms with van der Waals surface area (Å²) in [5.74, 6) is 2.18. The maximum atomic E-state index is 5.96. The second-order valence-corrected chi connectivity index (χ2v) is 9.18. The predicted octanol–water partition coefficient (Wildman–Crippen LogP) is 5.74. The van der Waals surface area contributed by atoms with Crippen LogP contribution in [0.15, 0.2) is 11.6 Å². The van der Waals surface area contributed by atoms with Gasteiger partial charge >= 0.3 is 0 Å². The molecule has 1 spiro atoms. The van der Waals surface area contributed by atoms with Crippen molar-refractivity contribution >= 4 is 22.6 Å². The minimum atomic E-state index is -0.361. The fourth-order valence-electron chi connectivity index (χ4n) is 5.20. The molecule has 0 amide bonds. The van der Waals surface area contributed by atoms with E-state index < -0.39 is 0 Å². The third-order valence-electron chi connectivity index (χ3n) is 6.53. The lowest BCUT2D eigenvalue weighted by Gasteiger charge is -2.44. The second kappa shape index (κ2) is 7.33. The first-order chi connectivity index (χ1) is 11.0. The first kappa shape index (κ1) is 18.2. The third-order valence-corrected chi connectivity index (χ3v) is 7.89. The van der Waals surface area contributed by atoms with Gasteiger partial charge < -0.3 is 9.47 Å². The van der Waals surface area contributed by atoms with Crippen molar-refractivity contribution in [1.29, 1.82) is 0 Å². The summed E-state index contributed by atoms with van der Waals surface area (Å²) in [4.78, 5) is 0. The summed E-state index contributed by atoms with van der Waals surface area (Å²) in [5.41, 5.74) is 2.08. The minimum absolute atomic E-state index is 0.361. The van der Waals surface area contributed by atoms with Gasteiger partial charge in [-0.3, -0.25) is 0 Å². The van der Waals surface area contributed by atoms with Crippen molar-refractivity contribution in [3.63, 3.8) is 0 Å². The molecule has 0 aromatic rings. The molecule has 3 atom stereocenters. The van der Waals surface area contributed by atoms with Gasteiger partial charge in [-0.1, -0.05) is 68.2 Å². The lowest BCUT2D eigenvalue weighted by molar-refractivity contribution is -0.133. The van der Waals surface area contributed by atoms with E-state index in [1.54, 1.807) is 5.57 Å².